The number of carbonyl (C=O) groups is 3. The molecule has 3 N–H and O–H groups in total. The average molecular weight is 369 g/mol. The molecular formula is C16H17ClN2O4S. The van der Waals surface area contributed by atoms with Gasteiger partial charge in [0.1, 0.15) is 4.88 Å². The number of carboxylic acid groups (broad SMARTS) is 1. The van der Waals surface area contributed by atoms with Crippen molar-refractivity contribution in [3.05, 3.63) is 34.2 Å². The third-order valence-electron chi connectivity index (χ3n) is 3.68. The van der Waals surface area contributed by atoms with Crippen molar-refractivity contribution in [1.29, 1.82) is 0 Å². The molecule has 0 radical (unpaired) electrons. The Kier molecular flexibility index (Phi) is 5.80. The van der Waals surface area contributed by atoms with Crippen LogP contribution in [0.15, 0.2) is 24.3 Å². The normalized spacial score (nSPS) is 13.3. The standard InChI is InChI=1S/C16H17ClN2O4S/c1-8(16(22)23)9(2)19-12(20)7-18-15(21)14-13(17)10-5-3-4-6-11(10)24-14/h3-6,8-9H,7H2,1-2H3,(H,18,21)(H,19,20)(H,22,23). The van der Waals surface area contributed by atoms with Gasteiger partial charge in [0.15, 0.2) is 0 Å². The minimum atomic E-state index is -0.996. The molecule has 1 aromatic heterocycles. The van der Waals surface area contributed by atoms with E-state index in [0.29, 0.717) is 9.90 Å². The number of thiophene rings is 1. The van der Waals surface area contributed by atoms with Crippen molar-refractivity contribution in [3.8, 4) is 0 Å². The lowest BCUT2D eigenvalue weighted by molar-refractivity contribution is -0.142. The van der Waals surface area contributed by atoms with E-state index < -0.39 is 29.7 Å². The van der Waals surface area contributed by atoms with Crippen LogP contribution in [0.1, 0.15) is 23.5 Å². The third kappa shape index (κ3) is 4.04. The summed E-state index contributed by atoms with van der Waals surface area (Å²) >= 11 is 7.46. The van der Waals surface area contributed by atoms with E-state index in [2.05, 4.69) is 10.6 Å². The quantitative estimate of drug-likeness (QED) is 0.730. The molecule has 2 rings (SSSR count). The Labute approximate surface area is 147 Å². The smallest absolute Gasteiger partial charge is 0.308 e. The van der Waals surface area contributed by atoms with Gasteiger partial charge in [-0.3, -0.25) is 14.4 Å². The zero-order valence-electron chi connectivity index (χ0n) is 13.1. The maximum atomic E-state index is 12.2. The van der Waals surface area contributed by atoms with Crippen LogP contribution in [0.3, 0.4) is 0 Å². The molecule has 2 atom stereocenters. The van der Waals surface area contributed by atoms with E-state index in [1.807, 2.05) is 24.3 Å². The monoisotopic (exact) mass is 368 g/mol. The van der Waals surface area contributed by atoms with Gasteiger partial charge in [-0.1, -0.05) is 29.8 Å². The van der Waals surface area contributed by atoms with Gasteiger partial charge < -0.3 is 15.7 Å². The summed E-state index contributed by atoms with van der Waals surface area (Å²) in [6.45, 7) is 2.85. The first-order chi connectivity index (χ1) is 11.3. The van der Waals surface area contributed by atoms with Crippen molar-refractivity contribution in [2.24, 2.45) is 5.92 Å². The highest BCUT2D eigenvalue weighted by Crippen LogP contribution is 2.34. The Morgan fingerprint density at radius 2 is 1.92 bits per heavy atom. The summed E-state index contributed by atoms with van der Waals surface area (Å²) in [6, 6.07) is 6.84. The first kappa shape index (κ1) is 18.2. The van der Waals surface area contributed by atoms with Crippen LogP contribution in [0, 0.1) is 5.92 Å². The first-order valence-electron chi connectivity index (χ1n) is 7.28. The molecule has 1 aromatic carbocycles. The average Bonchev–Trinajstić information content (AvgIpc) is 2.89. The molecule has 8 heteroatoms. The van der Waals surface area contributed by atoms with E-state index in [9.17, 15) is 14.4 Å². The summed E-state index contributed by atoms with van der Waals surface area (Å²) in [5, 5.41) is 15.1. The summed E-state index contributed by atoms with van der Waals surface area (Å²) in [5.41, 5.74) is 0. The molecule has 0 bridgehead atoms. The minimum Gasteiger partial charge on any atom is -0.481 e. The predicted octanol–water partition coefficient (Wildman–Crippen LogP) is 2.51. The molecule has 2 amide bonds. The van der Waals surface area contributed by atoms with Crippen molar-refractivity contribution >= 4 is 50.8 Å². The van der Waals surface area contributed by atoms with E-state index in [-0.39, 0.29) is 6.54 Å². The van der Waals surface area contributed by atoms with Crippen LogP contribution >= 0.6 is 22.9 Å². The zero-order chi connectivity index (χ0) is 17.9. The molecule has 0 aliphatic heterocycles. The van der Waals surface area contributed by atoms with Crippen LogP contribution in [0.25, 0.3) is 10.1 Å². The molecule has 128 valence electrons. The topological polar surface area (TPSA) is 95.5 Å². The molecule has 24 heavy (non-hydrogen) atoms. The van der Waals surface area contributed by atoms with Crippen LogP contribution in [0.2, 0.25) is 5.02 Å². The predicted molar refractivity (Wildman–Crippen MR) is 93.6 cm³/mol. The number of aliphatic carboxylic acids is 1. The highest BCUT2D eigenvalue weighted by atomic mass is 35.5. The van der Waals surface area contributed by atoms with Crippen molar-refractivity contribution in [1.82, 2.24) is 10.6 Å². The molecule has 2 unspecified atom stereocenters. The lowest BCUT2D eigenvalue weighted by Gasteiger charge is -2.17. The fourth-order valence-electron chi connectivity index (χ4n) is 2.04. The van der Waals surface area contributed by atoms with Gasteiger partial charge in [-0.15, -0.1) is 11.3 Å². The lowest BCUT2D eigenvalue weighted by Crippen LogP contribution is -2.44. The minimum absolute atomic E-state index is 0.250. The molecule has 0 aliphatic carbocycles. The van der Waals surface area contributed by atoms with Gasteiger partial charge in [0.25, 0.3) is 5.91 Å². The summed E-state index contributed by atoms with van der Waals surface area (Å²) in [6.07, 6.45) is 0. The second-order valence-electron chi connectivity index (χ2n) is 5.41. The SMILES string of the molecule is CC(NC(=O)CNC(=O)c1sc2ccccc2c1Cl)C(C)C(=O)O. The number of rotatable bonds is 6. The molecule has 6 nitrogen and oxygen atoms in total. The van der Waals surface area contributed by atoms with Gasteiger partial charge in [-0.2, -0.15) is 0 Å². The van der Waals surface area contributed by atoms with Crippen LogP contribution in [0.4, 0.5) is 0 Å². The van der Waals surface area contributed by atoms with Gasteiger partial charge in [-0.05, 0) is 19.9 Å². The number of nitrogens with one attached hydrogen (secondary N) is 2. The molecular weight excluding hydrogens is 352 g/mol. The summed E-state index contributed by atoms with van der Waals surface area (Å²) in [4.78, 5) is 35.2. The number of benzene rings is 1. The van der Waals surface area contributed by atoms with E-state index >= 15 is 0 Å². The molecule has 1 heterocycles. The molecule has 2 aromatic rings. The highest BCUT2D eigenvalue weighted by Gasteiger charge is 2.22. The van der Waals surface area contributed by atoms with Crippen LogP contribution in [-0.2, 0) is 9.59 Å². The lowest BCUT2D eigenvalue weighted by atomic mass is 10.0. The number of amides is 2. The number of fused-ring (bicyclic) bond motifs is 1. The second-order valence-corrected chi connectivity index (χ2v) is 6.84. The Balaban J connectivity index is 1.96. The largest absolute Gasteiger partial charge is 0.481 e. The summed E-state index contributed by atoms with van der Waals surface area (Å²) < 4.78 is 0.890. The van der Waals surface area contributed by atoms with Crippen molar-refractivity contribution in [2.45, 2.75) is 19.9 Å². The van der Waals surface area contributed by atoms with Gasteiger partial charge in [0.05, 0.1) is 17.5 Å². The molecule has 0 saturated carbocycles. The number of hydrogen-bond donors (Lipinski definition) is 3. The number of carboxylic acids is 1. The summed E-state index contributed by atoms with van der Waals surface area (Å²) in [5.74, 6) is -2.61. The second kappa shape index (κ2) is 7.63. The Bertz CT molecular complexity index is 789. The third-order valence-corrected chi connectivity index (χ3v) is 5.35. The molecule has 0 aliphatic rings. The fraction of sp³-hybridized carbons (Fsp3) is 0.312. The number of hydrogen-bond acceptors (Lipinski definition) is 4. The Morgan fingerprint density at radius 1 is 1.25 bits per heavy atom. The summed E-state index contributed by atoms with van der Waals surface area (Å²) in [7, 11) is 0. The molecule has 0 fully saturated rings. The van der Waals surface area contributed by atoms with Crippen molar-refractivity contribution in [2.75, 3.05) is 6.54 Å². The van der Waals surface area contributed by atoms with Gasteiger partial charge in [0.2, 0.25) is 5.91 Å². The van der Waals surface area contributed by atoms with E-state index in [1.54, 1.807) is 6.92 Å². The van der Waals surface area contributed by atoms with Crippen LogP contribution in [-0.4, -0.2) is 35.5 Å². The Hall–Kier alpha value is -2.12. The molecule has 0 saturated heterocycles. The van der Waals surface area contributed by atoms with Crippen molar-refractivity contribution < 1.29 is 19.5 Å². The van der Waals surface area contributed by atoms with E-state index in [1.165, 1.54) is 18.3 Å². The first-order valence-corrected chi connectivity index (χ1v) is 8.48. The highest BCUT2D eigenvalue weighted by molar-refractivity contribution is 7.21. The van der Waals surface area contributed by atoms with Gasteiger partial charge >= 0.3 is 5.97 Å². The number of carbonyl (C=O) groups excluding carboxylic acids is 2. The fourth-order valence-corrected chi connectivity index (χ4v) is 3.48. The Morgan fingerprint density at radius 3 is 2.54 bits per heavy atom. The zero-order valence-corrected chi connectivity index (χ0v) is 14.7. The maximum absolute atomic E-state index is 12.2. The maximum Gasteiger partial charge on any atom is 0.308 e. The number of halogens is 1. The van der Waals surface area contributed by atoms with Crippen LogP contribution in [0.5, 0.6) is 0 Å². The van der Waals surface area contributed by atoms with E-state index in [0.717, 1.165) is 10.1 Å². The van der Waals surface area contributed by atoms with Crippen LogP contribution < -0.4 is 10.6 Å². The van der Waals surface area contributed by atoms with Gasteiger partial charge in [0, 0.05) is 16.1 Å². The van der Waals surface area contributed by atoms with Gasteiger partial charge in [-0.25, -0.2) is 0 Å². The van der Waals surface area contributed by atoms with Crippen molar-refractivity contribution in [3.63, 3.8) is 0 Å². The van der Waals surface area contributed by atoms with E-state index in [4.69, 9.17) is 16.7 Å². The molecule has 0 spiro atoms.